The molecule has 1 aromatic rings. The van der Waals surface area contributed by atoms with Crippen LogP contribution < -0.4 is 0 Å². The molecule has 0 spiro atoms. The van der Waals surface area contributed by atoms with Crippen LogP contribution in [-0.2, 0) is 20.5 Å². The van der Waals surface area contributed by atoms with Gasteiger partial charge >= 0.3 is 5.97 Å². The number of carbonyl (C=O) groups excluding carboxylic acids is 1. The van der Waals surface area contributed by atoms with Crippen molar-refractivity contribution in [3.05, 3.63) is 35.9 Å². The lowest BCUT2D eigenvalue weighted by Gasteiger charge is -2.12. The van der Waals surface area contributed by atoms with Gasteiger partial charge in [-0.25, -0.2) is 0 Å². The normalized spacial score (nSPS) is 12.3. The lowest BCUT2D eigenvalue weighted by Crippen LogP contribution is -2.20. The van der Waals surface area contributed by atoms with Gasteiger partial charge in [0.25, 0.3) is 0 Å². The zero-order valence-electron chi connectivity index (χ0n) is 9.96. The van der Waals surface area contributed by atoms with Gasteiger partial charge in [0, 0.05) is 6.16 Å². The summed E-state index contributed by atoms with van der Waals surface area (Å²) in [5.41, 5.74) is 1.18. The van der Waals surface area contributed by atoms with Gasteiger partial charge in [-0.1, -0.05) is 30.3 Å². The van der Waals surface area contributed by atoms with Crippen molar-refractivity contribution in [2.24, 2.45) is 5.92 Å². The Hall–Kier alpha value is -1.21. The average molecular weight is 252 g/mol. The maximum absolute atomic E-state index is 11.6. The molecular weight excluding hydrogens is 235 g/mol. The van der Waals surface area contributed by atoms with Crippen LogP contribution in [0.15, 0.2) is 30.3 Å². The Morgan fingerprint density at radius 2 is 2.06 bits per heavy atom. The zero-order chi connectivity index (χ0) is 12.5. The SMILES string of the molecule is CCOC(=O)C(CCc1ccccc1)CP=O. The molecule has 0 aliphatic heterocycles. The van der Waals surface area contributed by atoms with Crippen LogP contribution in [0.5, 0.6) is 0 Å². The van der Waals surface area contributed by atoms with Gasteiger partial charge in [0.2, 0.25) is 0 Å². The van der Waals surface area contributed by atoms with Crippen LogP contribution in [-0.4, -0.2) is 18.7 Å². The van der Waals surface area contributed by atoms with E-state index in [4.69, 9.17) is 4.74 Å². The molecule has 0 saturated heterocycles. The largest absolute Gasteiger partial charge is 0.466 e. The summed E-state index contributed by atoms with van der Waals surface area (Å²) >= 11 is 0. The third kappa shape index (κ3) is 5.10. The summed E-state index contributed by atoms with van der Waals surface area (Å²) < 4.78 is 15.6. The molecule has 1 rings (SSSR count). The summed E-state index contributed by atoms with van der Waals surface area (Å²) in [6.07, 6.45) is 1.82. The molecule has 4 heteroatoms. The second kappa shape index (κ2) is 7.97. The van der Waals surface area contributed by atoms with Crippen molar-refractivity contribution in [3.8, 4) is 0 Å². The summed E-state index contributed by atoms with van der Waals surface area (Å²) in [7, 11) is 0.000116. The molecule has 0 N–H and O–H groups in total. The highest BCUT2D eigenvalue weighted by molar-refractivity contribution is 7.23. The molecule has 0 amide bonds. The van der Waals surface area contributed by atoms with Crippen molar-refractivity contribution < 1.29 is 14.1 Å². The Kier molecular flexibility index (Phi) is 6.49. The van der Waals surface area contributed by atoms with Crippen LogP contribution in [0.2, 0.25) is 0 Å². The van der Waals surface area contributed by atoms with E-state index in [-0.39, 0.29) is 20.3 Å². The van der Waals surface area contributed by atoms with Gasteiger partial charge < -0.3 is 4.74 Å². The van der Waals surface area contributed by atoms with Crippen molar-refractivity contribution in [3.63, 3.8) is 0 Å². The lowest BCUT2D eigenvalue weighted by molar-refractivity contribution is -0.147. The number of rotatable bonds is 7. The fraction of sp³-hybridized carbons (Fsp3) is 0.462. The Bertz CT molecular complexity index is 351. The number of carbonyl (C=O) groups is 1. The molecule has 1 atom stereocenters. The van der Waals surface area contributed by atoms with E-state index >= 15 is 0 Å². The summed E-state index contributed by atoms with van der Waals surface area (Å²) in [5, 5.41) is 0. The zero-order valence-corrected chi connectivity index (χ0v) is 10.9. The van der Waals surface area contributed by atoms with E-state index in [1.807, 2.05) is 30.3 Å². The molecule has 0 bridgehead atoms. The summed E-state index contributed by atoms with van der Waals surface area (Å²) in [4.78, 5) is 11.6. The first-order chi connectivity index (χ1) is 8.27. The number of hydrogen-bond acceptors (Lipinski definition) is 3. The highest BCUT2D eigenvalue weighted by Gasteiger charge is 2.19. The molecule has 0 radical (unpaired) electrons. The van der Waals surface area contributed by atoms with Crippen LogP contribution in [0.25, 0.3) is 0 Å². The van der Waals surface area contributed by atoms with Gasteiger partial charge in [0.05, 0.1) is 12.5 Å². The van der Waals surface area contributed by atoms with Crippen molar-refractivity contribution in [1.82, 2.24) is 0 Å². The second-order valence-electron chi connectivity index (χ2n) is 3.78. The predicted molar refractivity (Wildman–Crippen MR) is 67.4 cm³/mol. The number of esters is 1. The highest BCUT2D eigenvalue weighted by Crippen LogP contribution is 2.15. The van der Waals surface area contributed by atoms with Crippen molar-refractivity contribution in [2.45, 2.75) is 19.8 Å². The number of aryl methyl sites for hydroxylation is 1. The van der Waals surface area contributed by atoms with Crippen LogP contribution in [0.3, 0.4) is 0 Å². The van der Waals surface area contributed by atoms with Gasteiger partial charge in [-0.3, -0.25) is 9.36 Å². The number of benzene rings is 1. The average Bonchev–Trinajstić information content (AvgIpc) is 2.36. The van der Waals surface area contributed by atoms with E-state index in [1.54, 1.807) is 6.92 Å². The predicted octanol–water partition coefficient (Wildman–Crippen LogP) is 3.09. The van der Waals surface area contributed by atoms with Crippen LogP contribution in [0, 0.1) is 5.92 Å². The standard InChI is InChI=1S/C13H17O3P/c1-2-16-13(14)12(10-17-15)9-8-11-6-4-3-5-7-11/h3-7,12H,2,8-10H2,1H3. The van der Waals surface area contributed by atoms with E-state index < -0.39 is 0 Å². The molecule has 0 aliphatic rings. The lowest BCUT2D eigenvalue weighted by atomic mass is 10.0. The van der Waals surface area contributed by atoms with E-state index in [1.165, 1.54) is 5.56 Å². The van der Waals surface area contributed by atoms with Crippen LogP contribution in [0.1, 0.15) is 18.9 Å². The molecule has 1 unspecified atom stereocenters. The molecule has 3 nitrogen and oxygen atoms in total. The summed E-state index contributed by atoms with van der Waals surface area (Å²) in [6, 6.07) is 9.96. The Morgan fingerprint density at radius 1 is 1.35 bits per heavy atom. The second-order valence-corrected chi connectivity index (χ2v) is 4.41. The third-order valence-corrected chi connectivity index (χ3v) is 3.13. The first-order valence-electron chi connectivity index (χ1n) is 5.77. The minimum Gasteiger partial charge on any atom is -0.466 e. The van der Waals surface area contributed by atoms with E-state index in [0.717, 1.165) is 6.42 Å². The summed E-state index contributed by atoms with van der Waals surface area (Å²) in [5.74, 6) is -0.513. The van der Waals surface area contributed by atoms with Gasteiger partial charge in [-0.15, -0.1) is 0 Å². The molecule has 0 aromatic heterocycles. The molecule has 0 saturated carbocycles. The molecule has 1 aromatic carbocycles. The van der Waals surface area contributed by atoms with Gasteiger partial charge in [-0.05, 0) is 25.3 Å². The Balaban J connectivity index is 2.49. The van der Waals surface area contributed by atoms with Crippen molar-refractivity contribution in [1.29, 1.82) is 0 Å². The Labute approximate surface area is 103 Å². The van der Waals surface area contributed by atoms with E-state index in [2.05, 4.69) is 0 Å². The maximum atomic E-state index is 11.6. The third-order valence-electron chi connectivity index (χ3n) is 2.54. The molecule has 0 heterocycles. The van der Waals surface area contributed by atoms with Gasteiger partial charge in [-0.2, -0.15) is 0 Å². The first kappa shape index (κ1) is 13.9. The van der Waals surface area contributed by atoms with Crippen LogP contribution in [0.4, 0.5) is 0 Å². The smallest absolute Gasteiger partial charge is 0.309 e. The van der Waals surface area contributed by atoms with E-state index in [0.29, 0.717) is 19.2 Å². The minimum atomic E-state index is -0.269. The van der Waals surface area contributed by atoms with Crippen molar-refractivity contribution in [2.75, 3.05) is 12.8 Å². The van der Waals surface area contributed by atoms with Gasteiger partial charge in [0.1, 0.15) is 0 Å². The first-order valence-corrected chi connectivity index (χ1v) is 6.77. The topological polar surface area (TPSA) is 43.4 Å². The maximum Gasteiger partial charge on any atom is 0.309 e. The Morgan fingerprint density at radius 3 is 2.65 bits per heavy atom. The fourth-order valence-corrected chi connectivity index (χ4v) is 2.13. The fourth-order valence-electron chi connectivity index (χ4n) is 1.62. The van der Waals surface area contributed by atoms with Crippen LogP contribution >= 0.6 is 8.46 Å². The quantitative estimate of drug-likeness (QED) is 0.553. The molecule has 17 heavy (non-hydrogen) atoms. The van der Waals surface area contributed by atoms with Crippen molar-refractivity contribution >= 4 is 14.4 Å². The molecular formula is C13H17O3P. The number of hydrogen-bond donors (Lipinski definition) is 0. The summed E-state index contributed by atoms with van der Waals surface area (Å²) in [6.45, 7) is 2.15. The highest BCUT2D eigenvalue weighted by atomic mass is 31.1. The molecule has 92 valence electrons. The number of ether oxygens (including phenoxy) is 1. The monoisotopic (exact) mass is 252 g/mol. The molecule has 0 aliphatic carbocycles. The van der Waals surface area contributed by atoms with Gasteiger partial charge in [0.15, 0.2) is 8.46 Å². The van der Waals surface area contributed by atoms with E-state index in [9.17, 15) is 9.36 Å². The molecule has 0 fully saturated rings. The minimum absolute atomic E-state index is 0.000116.